The molecule has 133 heavy (non-hydrogen) atoms. The molecule has 0 atom stereocenters. The Balaban J connectivity index is 0.000000105. The van der Waals surface area contributed by atoms with Gasteiger partial charge in [-0.15, -0.1) is 34.0 Å². The molecule has 0 saturated heterocycles. The van der Waals surface area contributed by atoms with E-state index >= 15 is 0 Å². The summed E-state index contributed by atoms with van der Waals surface area (Å²) >= 11 is 5.70. The Morgan fingerprint density at radius 1 is 0.188 bits per heavy atom. The van der Waals surface area contributed by atoms with E-state index in [1.54, 1.807) is 0 Å². The summed E-state index contributed by atoms with van der Waals surface area (Å²) in [5.74, 6) is 0.759. The van der Waals surface area contributed by atoms with Gasteiger partial charge in [0.1, 0.15) is 0 Å². The molecule has 0 unspecified atom stereocenters. The summed E-state index contributed by atoms with van der Waals surface area (Å²) in [7, 11) is 0. The number of para-hydroxylation sites is 3. The number of hydrogen-bond acceptors (Lipinski definition) is 5. The third-order valence-corrected chi connectivity index (χ3v) is 30.7. The molecule has 0 saturated carbocycles. The minimum absolute atomic E-state index is 0.759. The fraction of sp³-hybridized carbons (Fsp3) is 0.00800. The molecule has 8 heteroatoms. The summed E-state index contributed by atoms with van der Waals surface area (Å²) in [6.07, 6.45) is 3.64. The highest BCUT2D eigenvalue weighted by atomic mass is 32.1. The van der Waals surface area contributed by atoms with Crippen molar-refractivity contribution in [1.82, 2.24) is 23.7 Å². The largest absolute Gasteiger partial charge is 0.309 e. The predicted molar refractivity (Wildman–Crippen MR) is 572 cm³/mol. The molecule has 622 valence electrons. The van der Waals surface area contributed by atoms with E-state index < -0.39 is 0 Å². The number of nitrogens with zero attached hydrogens (tertiary/aromatic N) is 5. The Kier molecular flexibility index (Phi) is 18.7. The minimum atomic E-state index is 0.759. The molecular weight excluding hydrogens is 1670 g/mol. The number of benzene rings is 21. The summed E-state index contributed by atoms with van der Waals surface area (Å²) in [4.78, 5) is 9.24. The van der Waals surface area contributed by atoms with Crippen LogP contribution in [0.2, 0.25) is 0 Å². The van der Waals surface area contributed by atoms with Crippen LogP contribution in [0.15, 0.2) is 461 Å². The van der Waals surface area contributed by atoms with E-state index in [4.69, 9.17) is 0 Å². The Labute approximate surface area is 778 Å². The van der Waals surface area contributed by atoms with E-state index in [0.717, 1.165) is 17.1 Å². The van der Waals surface area contributed by atoms with Crippen LogP contribution in [0.5, 0.6) is 0 Å². The topological polar surface area (TPSA) is 40.6 Å². The molecule has 7 heterocycles. The minimum Gasteiger partial charge on any atom is -0.309 e. The van der Waals surface area contributed by atoms with Crippen LogP contribution in [-0.2, 0) is 0 Å². The second-order valence-electron chi connectivity index (χ2n) is 34.5. The lowest BCUT2D eigenvalue weighted by Gasteiger charge is -2.11. The summed E-state index contributed by atoms with van der Waals surface area (Å²) in [6.45, 7) is 2.15. The summed E-state index contributed by atoms with van der Waals surface area (Å²) in [5.41, 5.74) is 28.1. The van der Waals surface area contributed by atoms with Crippen molar-refractivity contribution < 1.29 is 0 Å². The number of rotatable bonds is 10. The third kappa shape index (κ3) is 12.8. The van der Waals surface area contributed by atoms with Gasteiger partial charge in [0.15, 0.2) is 5.82 Å². The Hall–Kier alpha value is -16.5. The van der Waals surface area contributed by atoms with Crippen molar-refractivity contribution in [1.29, 1.82) is 0 Å². The number of thiophene rings is 3. The second-order valence-corrected chi connectivity index (χ2v) is 37.6. The van der Waals surface area contributed by atoms with Gasteiger partial charge in [0.05, 0.1) is 33.1 Å². The normalized spacial score (nSPS) is 11.8. The summed E-state index contributed by atoms with van der Waals surface area (Å²) < 4.78 is 15.3. The van der Waals surface area contributed by atoms with E-state index in [9.17, 15) is 0 Å². The van der Waals surface area contributed by atoms with Crippen LogP contribution >= 0.6 is 34.0 Å². The molecule has 0 bridgehead atoms. The van der Waals surface area contributed by atoms with Gasteiger partial charge in [0.2, 0.25) is 0 Å². The Bertz CT molecular complexity index is 9450. The molecule has 28 rings (SSSR count). The maximum Gasteiger partial charge on any atom is 0.160 e. The van der Waals surface area contributed by atoms with Gasteiger partial charge in [-0.2, -0.15) is 0 Å². The van der Waals surface area contributed by atoms with Crippen molar-refractivity contribution in [2.75, 3.05) is 0 Å². The first-order valence-electron chi connectivity index (χ1n) is 45.3. The van der Waals surface area contributed by atoms with Crippen molar-refractivity contribution in [3.8, 4) is 95.2 Å². The van der Waals surface area contributed by atoms with E-state index in [1.807, 2.05) is 52.5 Å². The van der Waals surface area contributed by atoms with Crippen molar-refractivity contribution in [3.63, 3.8) is 0 Å². The van der Waals surface area contributed by atoms with Crippen molar-refractivity contribution in [3.05, 3.63) is 467 Å². The van der Waals surface area contributed by atoms with Crippen LogP contribution in [0.3, 0.4) is 0 Å². The molecule has 28 aromatic rings. The molecule has 0 aliphatic carbocycles. The summed E-state index contributed by atoms with van der Waals surface area (Å²) in [6, 6.07) is 163. The molecule has 0 aliphatic rings. The first-order valence-corrected chi connectivity index (χ1v) is 47.8. The van der Waals surface area contributed by atoms with Gasteiger partial charge in [-0.1, -0.05) is 376 Å². The van der Waals surface area contributed by atoms with Crippen LogP contribution in [0, 0.1) is 6.92 Å². The molecule has 7 aromatic heterocycles. The third-order valence-electron chi connectivity index (χ3n) is 26.9. The second kappa shape index (κ2) is 32.0. The highest BCUT2D eigenvalue weighted by Crippen LogP contribution is 2.55. The smallest absolute Gasteiger partial charge is 0.160 e. The lowest BCUT2D eigenvalue weighted by molar-refractivity contribution is 1.18. The van der Waals surface area contributed by atoms with Crippen molar-refractivity contribution >= 4 is 192 Å². The van der Waals surface area contributed by atoms with Crippen molar-refractivity contribution in [2.45, 2.75) is 6.92 Å². The lowest BCUT2D eigenvalue weighted by atomic mass is 9.96. The molecule has 0 spiro atoms. The van der Waals surface area contributed by atoms with Gasteiger partial charge in [0.25, 0.3) is 0 Å². The molecular formula is C125H79N5S3. The molecule has 0 aliphatic heterocycles. The quantitative estimate of drug-likeness (QED) is 0.137. The standard InChI is InChI=1S/C46H29NS.C41H27NS.C38H23N3S/c1-4-12-30(13-5-1)32-20-22-33(23-21-32)34-25-27-42-40(28-34)44-43-39-26-24-35(31-14-6-2-7-15-31)29-41(39)47(36-16-8-3-9-17-36)45(43)37-18-10-11-19-38(37)46(44)48-42;1-26-19-21-28(22-20-26)31-17-10-18-35-38-37-34-24-23-29(27-11-4-2-5-12-27)25-36(34)42(30-13-6-3-7-14-30)39(37)32-15-8-9-16-33(32)41(38)43-40(31)35;1-3-11-24(12-4-1)25-19-20-29-32(23-25)41(26-13-5-2-6-14-26)35-27-15-7-8-16-28(27)37-34(33(29)35)30-17-9-18-31(36(30)42-37)38-39-21-10-22-40-38/h1-29H;2-25H,1H3;1-23H. The first kappa shape index (κ1) is 77.7. The van der Waals surface area contributed by atoms with E-state index in [0.29, 0.717) is 0 Å². The number of fused-ring (bicyclic) bond motifs is 30. The van der Waals surface area contributed by atoms with Gasteiger partial charge in [-0.25, -0.2) is 9.97 Å². The zero-order valence-corrected chi connectivity index (χ0v) is 74.8. The molecule has 0 radical (unpaired) electrons. The Morgan fingerprint density at radius 3 is 0.887 bits per heavy atom. The van der Waals surface area contributed by atoms with Crippen LogP contribution in [0.1, 0.15) is 5.56 Å². The predicted octanol–water partition coefficient (Wildman–Crippen LogP) is 35.7. The molecule has 0 fully saturated rings. The Morgan fingerprint density at radius 2 is 0.481 bits per heavy atom. The zero-order valence-electron chi connectivity index (χ0n) is 72.3. The highest BCUT2D eigenvalue weighted by molar-refractivity contribution is 7.28. The maximum atomic E-state index is 4.62. The number of hydrogen-bond donors (Lipinski definition) is 0. The van der Waals surface area contributed by atoms with Crippen LogP contribution in [0.25, 0.3) is 253 Å². The van der Waals surface area contributed by atoms with E-state index in [1.165, 1.54) is 242 Å². The highest BCUT2D eigenvalue weighted by Gasteiger charge is 2.29. The fourth-order valence-electron chi connectivity index (χ4n) is 20.9. The molecule has 0 amide bonds. The lowest BCUT2D eigenvalue weighted by Crippen LogP contribution is -1.94. The van der Waals surface area contributed by atoms with E-state index in [-0.39, 0.29) is 0 Å². The molecule has 0 N–H and O–H groups in total. The SMILES string of the molecule is Cc1ccc(-c2cccc3c2sc2c4ccccc4c4c(c5ccc(-c6ccccc6)cc5n4-c4ccccc4)c32)cc1.c1ccc(-c2ccc(-c3ccc4sc5c6ccccc6c6c(c7ccc(-c8ccccc8)cc7n6-c6ccccc6)c5c4c3)cc2)cc1.c1ccc(-c2ccc3c4c5c6cccc(-c7ncccn7)c6sc5c5ccccc5c4n(-c4ccccc4)c3c2)cc1. The monoisotopic (exact) mass is 1750 g/mol. The van der Waals surface area contributed by atoms with E-state index in [2.05, 4.69) is 473 Å². The first-order chi connectivity index (χ1) is 65.9. The van der Waals surface area contributed by atoms with Crippen LogP contribution in [0.4, 0.5) is 0 Å². The van der Waals surface area contributed by atoms with Gasteiger partial charge in [-0.05, 0) is 153 Å². The average Bonchev–Trinajstić information content (AvgIpc) is 1.55. The number of aromatic nitrogens is 5. The van der Waals surface area contributed by atoms with Crippen LogP contribution in [-0.4, -0.2) is 23.7 Å². The number of aryl methyl sites for hydroxylation is 1. The average molecular weight is 1750 g/mol. The van der Waals surface area contributed by atoms with Crippen molar-refractivity contribution in [2.24, 2.45) is 0 Å². The molecule has 5 nitrogen and oxygen atoms in total. The zero-order chi connectivity index (χ0) is 87.7. The fourth-order valence-corrected chi connectivity index (χ4v) is 24.9. The maximum absolute atomic E-state index is 4.62. The van der Waals surface area contributed by atoms with Gasteiger partial charge < -0.3 is 13.7 Å². The van der Waals surface area contributed by atoms with Gasteiger partial charge in [0, 0.05) is 160 Å². The summed E-state index contributed by atoms with van der Waals surface area (Å²) in [5, 5.41) is 23.4. The van der Waals surface area contributed by atoms with Crippen LogP contribution < -0.4 is 0 Å². The van der Waals surface area contributed by atoms with Gasteiger partial charge >= 0.3 is 0 Å². The van der Waals surface area contributed by atoms with Gasteiger partial charge in [-0.3, -0.25) is 0 Å². The molecule has 21 aromatic carbocycles.